The molecule has 2 nitrogen and oxygen atoms in total. The van der Waals surface area contributed by atoms with Gasteiger partial charge in [-0.2, -0.15) is 0 Å². The molecule has 0 heterocycles. The first-order valence-corrected chi connectivity index (χ1v) is 6.52. The van der Waals surface area contributed by atoms with Gasteiger partial charge in [0.1, 0.15) is 0 Å². The molecule has 17 heavy (non-hydrogen) atoms. The molecule has 0 amide bonds. The summed E-state index contributed by atoms with van der Waals surface area (Å²) in [5.74, 6) is 0.444. The fourth-order valence-electron chi connectivity index (χ4n) is 1.96. The van der Waals surface area contributed by atoms with E-state index in [0.717, 1.165) is 6.42 Å². The maximum Gasteiger partial charge on any atom is 0.0587 e. The molecule has 0 aliphatic heterocycles. The Morgan fingerprint density at radius 3 is 2.18 bits per heavy atom. The second-order valence-corrected chi connectivity index (χ2v) is 5.07. The third kappa shape index (κ3) is 4.14. The molecule has 0 aliphatic carbocycles. The highest BCUT2D eigenvalue weighted by atomic mass is 16.3. The lowest BCUT2D eigenvalue weighted by atomic mass is 9.99. The molecule has 0 aliphatic rings. The van der Waals surface area contributed by atoms with Crippen LogP contribution in [0.2, 0.25) is 0 Å². The van der Waals surface area contributed by atoms with Gasteiger partial charge in [0.25, 0.3) is 0 Å². The van der Waals surface area contributed by atoms with E-state index in [0.29, 0.717) is 12.0 Å². The largest absolute Gasteiger partial charge is 0.395 e. The first-order valence-electron chi connectivity index (χ1n) is 6.52. The molecular formula is C15H25NO. The lowest BCUT2D eigenvalue weighted by molar-refractivity contribution is 0.198. The molecule has 0 aromatic heterocycles. The van der Waals surface area contributed by atoms with Gasteiger partial charge in [-0.25, -0.2) is 0 Å². The summed E-state index contributed by atoms with van der Waals surface area (Å²) in [6, 6.07) is 9.12. The second kappa shape index (κ2) is 6.77. The Kier molecular flexibility index (Phi) is 5.66. The minimum Gasteiger partial charge on any atom is -0.395 e. The molecule has 1 rings (SSSR count). The first kappa shape index (κ1) is 14.2. The lowest BCUT2D eigenvalue weighted by Gasteiger charge is -2.26. The third-order valence-electron chi connectivity index (χ3n) is 3.30. The van der Waals surface area contributed by atoms with Crippen molar-refractivity contribution in [3.8, 4) is 0 Å². The third-order valence-corrected chi connectivity index (χ3v) is 3.30. The fourth-order valence-corrected chi connectivity index (χ4v) is 1.96. The van der Waals surface area contributed by atoms with Gasteiger partial charge in [0.05, 0.1) is 6.61 Å². The molecular weight excluding hydrogens is 210 g/mol. The minimum absolute atomic E-state index is 0.168. The number of hydrogen-bond acceptors (Lipinski definition) is 2. The van der Waals surface area contributed by atoms with Crippen molar-refractivity contribution in [2.45, 2.75) is 46.2 Å². The van der Waals surface area contributed by atoms with Crippen molar-refractivity contribution < 1.29 is 5.11 Å². The van der Waals surface area contributed by atoms with Crippen molar-refractivity contribution in [1.82, 2.24) is 5.32 Å². The average molecular weight is 235 g/mol. The zero-order chi connectivity index (χ0) is 12.8. The Bertz CT molecular complexity index is 318. The van der Waals surface area contributed by atoms with Crippen molar-refractivity contribution in [1.29, 1.82) is 0 Å². The summed E-state index contributed by atoms with van der Waals surface area (Å²) in [7, 11) is 0. The topological polar surface area (TPSA) is 32.3 Å². The molecule has 0 radical (unpaired) electrons. The molecule has 0 fully saturated rings. The number of aliphatic hydroxyl groups excluding tert-OH is 1. The van der Waals surface area contributed by atoms with Crippen LogP contribution in [0, 0.1) is 12.8 Å². The Balaban J connectivity index is 2.74. The summed E-state index contributed by atoms with van der Waals surface area (Å²) in [6.07, 6.45) is 1.03. The van der Waals surface area contributed by atoms with Gasteiger partial charge in [-0.3, -0.25) is 0 Å². The van der Waals surface area contributed by atoms with Gasteiger partial charge in [0.15, 0.2) is 0 Å². The zero-order valence-electron chi connectivity index (χ0n) is 11.4. The highest BCUT2D eigenvalue weighted by Gasteiger charge is 2.17. The van der Waals surface area contributed by atoms with E-state index in [1.807, 2.05) is 0 Å². The standard InChI is InChI=1S/C15H25NO/c1-5-14(16-15(10-17)11(2)3)13-8-6-12(4)7-9-13/h6-9,11,14-17H,5,10H2,1-4H3. The van der Waals surface area contributed by atoms with E-state index in [-0.39, 0.29) is 12.6 Å². The minimum atomic E-state index is 0.168. The number of hydrogen-bond donors (Lipinski definition) is 2. The summed E-state index contributed by atoms with van der Waals surface area (Å²) in [4.78, 5) is 0. The highest BCUT2D eigenvalue weighted by Crippen LogP contribution is 2.19. The Hall–Kier alpha value is -0.860. The van der Waals surface area contributed by atoms with Gasteiger partial charge in [0, 0.05) is 12.1 Å². The monoisotopic (exact) mass is 235 g/mol. The van der Waals surface area contributed by atoms with Crippen LogP contribution in [-0.2, 0) is 0 Å². The van der Waals surface area contributed by atoms with Gasteiger partial charge in [0.2, 0.25) is 0 Å². The molecule has 2 heteroatoms. The van der Waals surface area contributed by atoms with E-state index in [2.05, 4.69) is 57.3 Å². The van der Waals surface area contributed by atoms with Gasteiger partial charge in [-0.05, 0) is 24.8 Å². The van der Waals surface area contributed by atoms with Gasteiger partial charge >= 0.3 is 0 Å². The second-order valence-electron chi connectivity index (χ2n) is 5.07. The average Bonchev–Trinajstić information content (AvgIpc) is 2.32. The van der Waals surface area contributed by atoms with Gasteiger partial charge < -0.3 is 10.4 Å². The van der Waals surface area contributed by atoms with Crippen LogP contribution < -0.4 is 5.32 Å². The smallest absolute Gasteiger partial charge is 0.0587 e. The molecule has 0 saturated heterocycles. The van der Waals surface area contributed by atoms with Crippen LogP contribution in [0.4, 0.5) is 0 Å². The van der Waals surface area contributed by atoms with E-state index in [1.165, 1.54) is 11.1 Å². The van der Waals surface area contributed by atoms with Crippen molar-refractivity contribution in [3.05, 3.63) is 35.4 Å². The predicted octanol–water partition coefficient (Wildman–Crippen LogP) is 3.05. The van der Waals surface area contributed by atoms with E-state index in [4.69, 9.17) is 0 Å². The molecule has 2 N–H and O–H groups in total. The van der Waals surface area contributed by atoms with Gasteiger partial charge in [-0.15, -0.1) is 0 Å². The van der Waals surface area contributed by atoms with Crippen LogP contribution >= 0.6 is 0 Å². The first-order chi connectivity index (χ1) is 8.08. The molecule has 0 saturated carbocycles. The SMILES string of the molecule is CCC(NC(CO)C(C)C)c1ccc(C)cc1. The van der Waals surface area contributed by atoms with Crippen LogP contribution in [0.1, 0.15) is 44.4 Å². The Morgan fingerprint density at radius 2 is 1.76 bits per heavy atom. The van der Waals surface area contributed by atoms with E-state index >= 15 is 0 Å². The Labute approximate surface area is 105 Å². The van der Waals surface area contributed by atoms with Crippen molar-refractivity contribution in [2.75, 3.05) is 6.61 Å². The summed E-state index contributed by atoms with van der Waals surface area (Å²) in [5, 5.41) is 12.9. The lowest BCUT2D eigenvalue weighted by Crippen LogP contribution is -2.39. The van der Waals surface area contributed by atoms with E-state index in [1.54, 1.807) is 0 Å². The number of rotatable bonds is 6. The number of aryl methyl sites for hydroxylation is 1. The van der Waals surface area contributed by atoms with E-state index in [9.17, 15) is 5.11 Å². The molecule has 2 atom stereocenters. The molecule has 96 valence electrons. The van der Waals surface area contributed by atoms with E-state index < -0.39 is 0 Å². The van der Waals surface area contributed by atoms with Crippen molar-refractivity contribution in [2.24, 2.45) is 5.92 Å². The van der Waals surface area contributed by atoms with Crippen LogP contribution in [0.3, 0.4) is 0 Å². The summed E-state index contributed by atoms with van der Waals surface area (Å²) >= 11 is 0. The Morgan fingerprint density at radius 1 is 1.18 bits per heavy atom. The van der Waals surface area contributed by atoms with Crippen LogP contribution in [0.15, 0.2) is 24.3 Å². The van der Waals surface area contributed by atoms with Crippen LogP contribution in [-0.4, -0.2) is 17.8 Å². The van der Waals surface area contributed by atoms with Crippen molar-refractivity contribution in [3.63, 3.8) is 0 Å². The molecule has 0 spiro atoms. The zero-order valence-corrected chi connectivity index (χ0v) is 11.4. The summed E-state index contributed by atoms with van der Waals surface area (Å²) in [5.41, 5.74) is 2.59. The predicted molar refractivity (Wildman–Crippen MR) is 73.1 cm³/mol. The fraction of sp³-hybridized carbons (Fsp3) is 0.600. The quantitative estimate of drug-likeness (QED) is 0.794. The summed E-state index contributed by atoms with van der Waals surface area (Å²) < 4.78 is 0. The van der Waals surface area contributed by atoms with Crippen LogP contribution in [0.25, 0.3) is 0 Å². The molecule has 1 aromatic rings. The summed E-state index contributed by atoms with van der Waals surface area (Å²) in [6.45, 7) is 8.74. The number of nitrogens with one attached hydrogen (secondary N) is 1. The maximum atomic E-state index is 9.37. The molecule has 2 unspecified atom stereocenters. The molecule has 1 aromatic carbocycles. The van der Waals surface area contributed by atoms with Crippen LogP contribution in [0.5, 0.6) is 0 Å². The van der Waals surface area contributed by atoms with Crippen molar-refractivity contribution >= 4 is 0 Å². The number of aliphatic hydroxyl groups is 1. The maximum absolute atomic E-state index is 9.37. The highest BCUT2D eigenvalue weighted by molar-refractivity contribution is 5.24. The normalized spacial score (nSPS) is 14.9. The van der Waals surface area contributed by atoms with Gasteiger partial charge in [-0.1, -0.05) is 50.6 Å². The number of benzene rings is 1. The molecule has 0 bridgehead atoms.